The lowest BCUT2D eigenvalue weighted by Gasteiger charge is -2.14. The van der Waals surface area contributed by atoms with Crippen LogP contribution in [-0.2, 0) is 4.74 Å². The van der Waals surface area contributed by atoms with Gasteiger partial charge in [0.1, 0.15) is 24.1 Å². The summed E-state index contributed by atoms with van der Waals surface area (Å²) in [4.78, 5) is 12.2. The Morgan fingerprint density at radius 3 is 2.90 bits per heavy atom. The van der Waals surface area contributed by atoms with Gasteiger partial charge in [0.2, 0.25) is 0 Å². The molecule has 1 fully saturated rings. The SMILES string of the molecule is CNc1ncnc2c1ncn2[C@@H]1O[C@H](CO)C(O)[C@H]1F. The number of hydrogen-bond acceptors (Lipinski definition) is 7. The Morgan fingerprint density at radius 1 is 1.45 bits per heavy atom. The fourth-order valence-electron chi connectivity index (χ4n) is 2.30. The molecule has 0 saturated carbocycles. The summed E-state index contributed by atoms with van der Waals surface area (Å²) in [5.41, 5.74) is 0.871. The Labute approximate surface area is 113 Å². The third kappa shape index (κ3) is 1.82. The van der Waals surface area contributed by atoms with Crippen molar-refractivity contribution in [2.45, 2.75) is 24.6 Å². The van der Waals surface area contributed by atoms with Gasteiger partial charge in [0, 0.05) is 7.05 Å². The van der Waals surface area contributed by atoms with E-state index in [0.29, 0.717) is 17.0 Å². The molecule has 0 aliphatic carbocycles. The third-order valence-electron chi connectivity index (χ3n) is 3.34. The molecule has 8 nitrogen and oxygen atoms in total. The van der Waals surface area contributed by atoms with Crippen molar-refractivity contribution in [2.75, 3.05) is 19.0 Å². The summed E-state index contributed by atoms with van der Waals surface area (Å²) >= 11 is 0. The first-order valence-electron chi connectivity index (χ1n) is 6.11. The molecule has 1 aliphatic heterocycles. The Kier molecular flexibility index (Phi) is 3.24. The summed E-state index contributed by atoms with van der Waals surface area (Å²) in [6, 6.07) is 0. The van der Waals surface area contributed by atoms with Crippen LogP contribution in [0.5, 0.6) is 0 Å². The molecule has 0 bridgehead atoms. The van der Waals surface area contributed by atoms with Gasteiger partial charge in [-0.2, -0.15) is 0 Å². The van der Waals surface area contributed by atoms with Crippen molar-refractivity contribution in [1.29, 1.82) is 0 Å². The van der Waals surface area contributed by atoms with Crippen molar-refractivity contribution in [3.8, 4) is 0 Å². The fourth-order valence-corrected chi connectivity index (χ4v) is 2.30. The monoisotopic (exact) mass is 283 g/mol. The molecule has 3 N–H and O–H groups in total. The minimum absolute atomic E-state index is 0.391. The van der Waals surface area contributed by atoms with Crippen molar-refractivity contribution in [3.05, 3.63) is 12.7 Å². The van der Waals surface area contributed by atoms with Gasteiger partial charge in [0.15, 0.2) is 23.9 Å². The molecule has 1 aliphatic rings. The molecule has 9 heteroatoms. The Morgan fingerprint density at radius 2 is 2.25 bits per heavy atom. The van der Waals surface area contributed by atoms with E-state index >= 15 is 0 Å². The van der Waals surface area contributed by atoms with Crippen molar-refractivity contribution in [2.24, 2.45) is 0 Å². The molecule has 2 aromatic heterocycles. The second-order valence-electron chi connectivity index (χ2n) is 4.48. The van der Waals surface area contributed by atoms with Crippen LogP contribution in [0.25, 0.3) is 11.2 Å². The molecule has 108 valence electrons. The van der Waals surface area contributed by atoms with Gasteiger partial charge in [-0.1, -0.05) is 0 Å². The van der Waals surface area contributed by atoms with Crippen LogP contribution in [0, 0.1) is 0 Å². The van der Waals surface area contributed by atoms with Crippen LogP contribution >= 0.6 is 0 Å². The van der Waals surface area contributed by atoms with Crippen LogP contribution in [0.1, 0.15) is 6.23 Å². The average molecular weight is 283 g/mol. The van der Waals surface area contributed by atoms with Crippen molar-refractivity contribution >= 4 is 17.0 Å². The number of halogens is 1. The number of nitrogens with one attached hydrogen (secondary N) is 1. The predicted octanol–water partition coefficient (Wildman–Crippen LogP) is -0.543. The van der Waals surface area contributed by atoms with Crippen LogP contribution in [0.15, 0.2) is 12.7 Å². The largest absolute Gasteiger partial charge is 0.394 e. The highest BCUT2D eigenvalue weighted by atomic mass is 19.1. The molecule has 1 saturated heterocycles. The zero-order valence-electron chi connectivity index (χ0n) is 10.6. The van der Waals surface area contributed by atoms with E-state index in [0.717, 1.165) is 0 Å². The summed E-state index contributed by atoms with van der Waals surface area (Å²) < 4.78 is 20.8. The van der Waals surface area contributed by atoms with Crippen LogP contribution in [0.2, 0.25) is 0 Å². The van der Waals surface area contributed by atoms with E-state index in [1.54, 1.807) is 7.05 Å². The summed E-state index contributed by atoms with van der Waals surface area (Å²) in [6.45, 7) is -0.457. The molecule has 20 heavy (non-hydrogen) atoms. The molecule has 1 unspecified atom stereocenters. The maximum atomic E-state index is 14.1. The third-order valence-corrected chi connectivity index (χ3v) is 3.34. The first-order chi connectivity index (χ1) is 9.67. The van der Waals surface area contributed by atoms with E-state index in [1.807, 2.05) is 0 Å². The lowest BCUT2D eigenvalue weighted by atomic mass is 10.1. The summed E-state index contributed by atoms with van der Waals surface area (Å²) in [5.74, 6) is 0.515. The first-order valence-corrected chi connectivity index (χ1v) is 6.11. The van der Waals surface area contributed by atoms with Gasteiger partial charge in [-0.15, -0.1) is 0 Å². The van der Waals surface area contributed by atoms with E-state index < -0.39 is 31.2 Å². The Bertz CT molecular complexity index is 621. The smallest absolute Gasteiger partial charge is 0.173 e. The molecule has 4 atom stereocenters. The first kappa shape index (κ1) is 13.2. The number of anilines is 1. The summed E-state index contributed by atoms with van der Waals surface area (Å²) in [6.07, 6.45) is -2.38. The van der Waals surface area contributed by atoms with Crippen LogP contribution in [0.4, 0.5) is 10.2 Å². The highest BCUT2D eigenvalue weighted by Crippen LogP contribution is 2.33. The number of rotatable bonds is 3. The van der Waals surface area contributed by atoms with Gasteiger partial charge in [-0.3, -0.25) is 4.57 Å². The standard InChI is InChI=1S/C11H14FN5O3/c1-13-9-7-10(15-3-14-9)17(4-16-7)11-6(12)8(19)5(2-18)20-11/h3-6,8,11,18-19H,2H2,1H3,(H,13,14,15)/t5-,6-,8?,11-/m1/s1. The van der Waals surface area contributed by atoms with E-state index in [1.165, 1.54) is 17.2 Å². The maximum absolute atomic E-state index is 14.1. The highest BCUT2D eigenvalue weighted by Gasteiger charge is 2.45. The number of fused-ring (bicyclic) bond motifs is 1. The van der Waals surface area contributed by atoms with Gasteiger partial charge in [0.25, 0.3) is 0 Å². The lowest BCUT2D eigenvalue weighted by Crippen LogP contribution is -2.30. The minimum atomic E-state index is -1.67. The molecule has 3 heterocycles. The minimum Gasteiger partial charge on any atom is -0.394 e. The summed E-state index contributed by atoms with van der Waals surface area (Å²) in [5, 5.41) is 21.6. The molecule has 0 spiro atoms. The number of aliphatic hydroxyl groups excluding tert-OH is 2. The molecule has 3 rings (SSSR count). The number of hydrogen-bond donors (Lipinski definition) is 3. The molecule has 0 aromatic carbocycles. The molecule has 2 aromatic rings. The van der Waals surface area contributed by atoms with Crippen LogP contribution < -0.4 is 5.32 Å². The van der Waals surface area contributed by atoms with Gasteiger partial charge in [0.05, 0.1) is 12.9 Å². The van der Waals surface area contributed by atoms with Gasteiger partial charge < -0.3 is 20.3 Å². The number of alkyl halides is 1. The predicted molar refractivity (Wildman–Crippen MR) is 66.8 cm³/mol. The number of nitrogens with zero attached hydrogens (tertiary/aromatic N) is 4. The molecular formula is C11H14FN5O3. The van der Waals surface area contributed by atoms with Gasteiger partial charge >= 0.3 is 0 Å². The molecular weight excluding hydrogens is 269 g/mol. The van der Waals surface area contributed by atoms with Crippen molar-refractivity contribution in [3.63, 3.8) is 0 Å². The topological polar surface area (TPSA) is 105 Å². The van der Waals surface area contributed by atoms with E-state index in [2.05, 4.69) is 20.3 Å². The average Bonchev–Trinajstić information content (AvgIpc) is 3.01. The van der Waals surface area contributed by atoms with E-state index in [-0.39, 0.29) is 0 Å². The van der Waals surface area contributed by atoms with Crippen LogP contribution in [-0.4, -0.2) is 61.8 Å². The van der Waals surface area contributed by atoms with Crippen LogP contribution in [0.3, 0.4) is 0 Å². The van der Waals surface area contributed by atoms with E-state index in [4.69, 9.17) is 9.84 Å². The molecule has 0 amide bonds. The van der Waals surface area contributed by atoms with E-state index in [9.17, 15) is 9.50 Å². The number of aromatic nitrogens is 4. The molecule has 0 radical (unpaired) electrons. The summed E-state index contributed by atoms with van der Waals surface area (Å²) in [7, 11) is 1.69. The quantitative estimate of drug-likeness (QED) is 0.694. The fraction of sp³-hybridized carbons (Fsp3) is 0.545. The maximum Gasteiger partial charge on any atom is 0.173 e. The zero-order chi connectivity index (χ0) is 14.3. The normalized spacial score (nSPS) is 30.0. The second kappa shape index (κ2) is 4.93. The number of ether oxygens (including phenoxy) is 1. The van der Waals surface area contributed by atoms with Crippen molar-refractivity contribution < 1.29 is 19.3 Å². The van der Waals surface area contributed by atoms with Gasteiger partial charge in [-0.05, 0) is 0 Å². The highest BCUT2D eigenvalue weighted by molar-refractivity contribution is 5.82. The van der Waals surface area contributed by atoms with Crippen molar-refractivity contribution in [1.82, 2.24) is 19.5 Å². The number of imidazole rings is 1. The Balaban J connectivity index is 2.03. The second-order valence-corrected chi connectivity index (χ2v) is 4.48. The Hall–Kier alpha value is -1.84. The van der Waals surface area contributed by atoms with Gasteiger partial charge in [-0.25, -0.2) is 19.3 Å². The zero-order valence-corrected chi connectivity index (χ0v) is 10.6. The lowest BCUT2D eigenvalue weighted by molar-refractivity contribution is -0.0459. The number of aliphatic hydroxyl groups is 2.